The number of benzene rings is 2. The zero-order valence-corrected chi connectivity index (χ0v) is 18.1. The van der Waals surface area contributed by atoms with E-state index in [1.54, 1.807) is 23.1 Å². The summed E-state index contributed by atoms with van der Waals surface area (Å²) in [4.78, 5) is 39.3. The zero-order valence-electron chi connectivity index (χ0n) is 17.4. The molecule has 2 aromatic carbocycles. The van der Waals surface area contributed by atoms with Crippen molar-refractivity contribution in [3.05, 3.63) is 64.4 Å². The summed E-state index contributed by atoms with van der Waals surface area (Å²) in [5.74, 6) is -2.20. The average molecular weight is 447 g/mol. The number of aryl methyl sites for hydroxylation is 1. The van der Waals surface area contributed by atoms with Crippen molar-refractivity contribution in [3.8, 4) is 0 Å². The molecule has 1 fully saturated rings. The summed E-state index contributed by atoms with van der Waals surface area (Å²) in [6.45, 7) is 4.02. The SMILES string of the molecule is Cc1ccc(Cl)cc1NC(=O)C(C)OC(=O)C1CCCN(C(=O)c2ccc(F)cc2)C1. The molecule has 1 N–H and O–H groups in total. The van der Waals surface area contributed by atoms with Gasteiger partial charge in [0, 0.05) is 29.4 Å². The highest BCUT2D eigenvalue weighted by molar-refractivity contribution is 6.31. The van der Waals surface area contributed by atoms with E-state index in [0.717, 1.165) is 5.56 Å². The summed E-state index contributed by atoms with van der Waals surface area (Å²) in [5.41, 5.74) is 1.74. The van der Waals surface area contributed by atoms with Crippen LogP contribution in [0.25, 0.3) is 0 Å². The van der Waals surface area contributed by atoms with Crippen LogP contribution in [0, 0.1) is 18.7 Å². The first-order chi connectivity index (χ1) is 14.7. The van der Waals surface area contributed by atoms with Gasteiger partial charge in [0.25, 0.3) is 11.8 Å². The summed E-state index contributed by atoms with van der Waals surface area (Å²) in [6.07, 6.45) is 0.192. The third kappa shape index (κ3) is 5.82. The second-order valence-corrected chi connectivity index (χ2v) is 8.06. The lowest BCUT2D eigenvalue weighted by Gasteiger charge is -2.32. The Bertz CT molecular complexity index is 980. The largest absolute Gasteiger partial charge is 0.452 e. The Morgan fingerprint density at radius 1 is 1.19 bits per heavy atom. The predicted octanol–water partition coefficient (Wildman–Crippen LogP) is 4.21. The molecule has 0 bridgehead atoms. The van der Waals surface area contributed by atoms with E-state index in [1.807, 2.05) is 6.92 Å². The molecule has 6 nitrogen and oxygen atoms in total. The van der Waals surface area contributed by atoms with Gasteiger partial charge in [-0.3, -0.25) is 14.4 Å². The molecule has 31 heavy (non-hydrogen) atoms. The van der Waals surface area contributed by atoms with Gasteiger partial charge in [0.15, 0.2) is 6.10 Å². The third-order valence-electron chi connectivity index (χ3n) is 5.25. The molecule has 164 valence electrons. The van der Waals surface area contributed by atoms with Crippen LogP contribution in [0.15, 0.2) is 42.5 Å². The van der Waals surface area contributed by atoms with E-state index in [0.29, 0.717) is 35.7 Å². The molecule has 2 amide bonds. The molecule has 2 aromatic rings. The molecule has 0 aliphatic carbocycles. The lowest BCUT2D eigenvalue weighted by Crippen LogP contribution is -2.44. The standard InChI is InChI=1S/C23H24ClFN2O4/c1-14-5-8-18(24)12-20(14)26-21(28)15(2)31-23(30)17-4-3-11-27(13-17)22(29)16-6-9-19(25)10-7-16/h5-10,12,15,17H,3-4,11,13H2,1-2H3,(H,26,28). The van der Waals surface area contributed by atoms with Crippen LogP contribution in [0.3, 0.4) is 0 Å². The van der Waals surface area contributed by atoms with Crippen molar-refractivity contribution in [3.63, 3.8) is 0 Å². The van der Waals surface area contributed by atoms with Crippen molar-refractivity contribution in [2.45, 2.75) is 32.8 Å². The lowest BCUT2D eigenvalue weighted by molar-refractivity contribution is -0.158. The van der Waals surface area contributed by atoms with Gasteiger partial charge in [-0.1, -0.05) is 17.7 Å². The molecule has 1 heterocycles. The maximum absolute atomic E-state index is 13.1. The highest BCUT2D eigenvalue weighted by atomic mass is 35.5. The third-order valence-corrected chi connectivity index (χ3v) is 5.49. The van der Waals surface area contributed by atoms with E-state index in [-0.39, 0.29) is 12.5 Å². The Balaban J connectivity index is 1.57. The molecular formula is C23H24ClFN2O4. The molecule has 1 saturated heterocycles. The molecule has 8 heteroatoms. The Kier molecular flexibility index (Phi) is 7.28. The van der Waals surface area contributed by atoms with E-state index in [1.165, 1.54) is 31.2 Å². The molecule has 1 aliphatic heterocycles. The number of hydrogen-bond donors (Lipinski definition) is 1. The smallest absolute Gasteiger partial charge is 0.311 e. The molecule has 2 atom stereocenters. The minimum Gasteiger partial charge on any atom is -0.452 e. The van der Waals surface area contributed by atoms with Crippen molar-refractivity contribution < 1.29 is 23.5 Å². The van der Waals surface area contributed by atoms with Gasteiger partial charge in [-0.25, -0.2) is 4.39 Å². The number of likely N-dealkylation sites (tertiary alicyclic amines) is 1. The van der Waals surface area contributed by atoms with Gasteiger partial charge in [-0.15, -0.1) is 0 Å². The molecule has 0 spiro atoms. The summed E-state index contributed by atoms with van der Waals surface area (Å²) < 4.78 is 18.5. The van der Waals surface area contributed by atoms with Crippen LogP contribution < -0.4 is 5.32 Å². The maximum atomic E-state index is 13.1. The number of nitrogens with zero attached hydrogens (tertiary/aromatic N) is 1. The van der Waals surface area contributed by atoms with Crippen LogP contribution in [-0.4, -0.2) is 41.9 Å². The number of carbonyl (C=O) groups excluding carboxylic acids is 3. The molecule has 0 radical (unpaired) electrons. The van der Waals surface area contributed by atoms with E-state index in [4.69, 9.17) is 16.3 Å². The van der Waals surface area contributed by atoms with Crippen LogP contribution in [0.1, 0.15) is 35.7 Å². The van der Waals surface area contributed by atoms with Gasteiger partial charge in [0.05, 0.1) is 5.92 Å². The molecule has 0 aromatic heterocycles. The van der Waals surface area contributed by atoms with Crippen LogP contribution in [0.5, 0.6) is 0 Å². The summed E-state index contributed by atoms with van der Waals surface area (Å²) in [5, 5.41) is 3.20. The number of esters is 1. The minimum absolute atomic E-state index is 0.191. The highest BCUT2D eigenvalue weighted by Crippen LogP contribution is 2.22. The van der Waals surface area contributed by atoms with Crippen molar-refractivity contribution in [2.75, 3.05) is 18.4 Å². The molecule has 0 saturated carbocycles. The molecule has 3 rings (SSSR count). The van der Waals surface area contributed by atoms with Crippen molar-refractivity contribution in [2.24, 2.45) is 5.92 Å². The Morgan fingerprint density at radius 2 is 1.90 bits per heavy atom. The number of anilines is 1. The second-order valence-electron chi connectivity index (χ2n) is 7.62. The number of amides is 2. The molecule has 1 aliphatic rings. The van der Waals surface area contributed by atoms with E-state index in [9.17, 15) is 18.8 Å². The fraction of sp³-hybridized carbons (Fsp3) is 0.348. The van der Waals surface area contributed by atoms with Gasteiger partial charge in [-0.05, 0) is 68.7 Å². The first-order valence-electron chi connectivity index (χ1n) is 10.1. The molecular weight excluding hydrogens is 423 g/mol. The van der Waals surface area contributed by atoms with Gasteiger partial charge in [-0.2, -0.15) is 0 Å². The van der Waals surface area contributed by atoms with E-state index < -0.39 is 29.7 Å². The highest BCUT2D eigenvalue weighted by Gasteiger charge is 2.32. The topological polar surface area (TPSA) is 75.7 Å². The maximum Gasteiger partial charge on any atom is 0.311 e. The Labute approximate surface area is 185 Å². The van der Waals surface area contributed by atoms with Crippen LogP contribution in [-0.2, 0) is 14.3 Å². The first kappa shape index (κ1) is 22.7. The number of halogens is 2. The fourth-order valence-electron chi connectivity index (χ4n) is 3.42. The van der Waals surface area contributed by atoms with Gasteiger partial charge in [0.1, 0.15) is 5.82 Å². The van der Waals surface area contributed by atoms with Crippen LogP contribution >= 0.6 is 11.6 Å². The lowest BCUT2D eigenvalue weighted by atomic mass is 9.97. The minimum atomic E-state index is -1.01. The van der Waals surface area contributed by atoms with Crippen molar-refractivity contribution >= 4 is 35.1 Å². The van der Waals surface area contributed by atoms with Crippen LogP contribution in [0.4, 0.5) is 10.1 Å². The Hall–Kier alpha value is -2.93. The monoisotopic (exact) mass is 446 g/mol. The second kappa shape index (κ2) is 9.92. The Morgan fingerprint density at radius 3 is 2.61 bits per heavy atom. The first-order valence-corrected chi connectivity index (χ1v) is 10.4. The number of carbonyl (C=O) groups is 3. The van der Waals surface area contributed by atoms with Gasteiger partial charge in [0.2, 0.25) is 0 Å². The predicted molar refractivity (Wildman–Crippen MR) is 115 cm³/mol. The van der Waals surface area contributed by atoms with Crippen LogP contribution in [0.2, 0.25) is 5.02 Å². The van der Waals surface area contributed by atoms with Crippen molar-refractivity contribution in [1.82, 2.24) is 4.90 Å². The molecule has 2 unspecified atom stereocenters. The summed E-state index contributed by atoms with van der Waals surface area (Å²) in [6, 6.07) is 10.4. The van der Waals surface area contributed by atoms with Gasteiger partial charge < -0.3 is 15.0 Å². The van der Waals surface area contributed by atoms with Crippen molar-refractivity contribution in [1.29, 1.82) is 0 Å². The number of nitrogens with one attached hydrogen (secondary N) is 1. The quantitative estimate of drug-likeness (QED) is 0.698. The normalized spacial score (nSPS) is 17.0. The van der Waals surface area contributed by atoms with Gasteiger partial charge >= 0.3 is 5.97 Å². The average Bonchev–Trinajstić information content (AvgIpc) is 2.76. The number of piperidine rings is 1. The number of rotatable bonds is 5. The fourth-order valence-corrected chi connectivity index (χ4v) is 3.59. The van der Waals surface area contributed by atoms with E-state index >= 15 is 0 Å². The summed E-state index contributed by atoms with van der Waals surface area (Å²) in [7, 11) is 0. The summed E-state index contributed by atoms with van der Waals surface area (Å²) >= 11 is 5.97. The number of ether oxygens (including phenoxy) is 1. The van der Waals surface area contributed by atoms with E-state index in [2.05, 4.69) is 5.32 Å². The number of hydrogen-bond acceptors (Lipinski definition) is 4. The zero-order chi connectivity index (χ0) is 22.5.